The van der Waals surface area contributed by atoms with Crippen molar-refractivity contribution in [3.8, 4) is 5.75 Å². The van der Waals surface area contributed by atoms with E-state index in [2.05, 4.69) is 10.5 Å². The van der Waals surface area contributed by atoms with Gasteiger partial charge in [0.05, 0.1) is 18.5 Å². The summed E-state index contributed by atoms with van der Waals surface area (Å²) >= 11 is 0. The van der Waals surface area contributed by atoms with Gasteiger partial charge in [0.15, 0.2) is 12.4 Å². The van der Waals surface area contributed by atoms with E-state index in [4.69, 9.17) is 14.0 Å². The average molecular weight is 346 g/mol. The summed E-state index contributed by atoms with van der Waals surface area (Å²) in [6.45, 7) is 6.90. The Morgan fingerprint density at radius 3 is 2.64 bits per heavy atom. The number of amides is 1. The molecule has 0 bridgehead atoms. The van der Waals surface area contributed by atoms with Gasteiger partial charge in [0.2, 0.25) is 0 Å². The van der Waals surface area contributed by atoms with Gasteiger partial charge in [0, 0.05) is 5.92 Å². The van der Waals surface area contributed by atoms with Crippen molar-refractivity contribution in [3.05, 3.63) is 40.8 Å². The number of ether oxygens (including phenoxy) is 2. The van der Waals surface area contributed by atoms with Crippen LogP contribution in [0.4, 0.5) is 5.69 Å². The molecule has 25 heavy (non-hydrogen) atoms. The number of carbonyl (C=O) groups excluding carboxylic acids is 2. The highest BCUT2D eigenvalue weighted by atomic mass is 16.5. The summed E-state index contributed by atoms with van der Waals surface area (Å²) in [5.74, 6) is -0.133. The van der Waals surface area contributed by atoms with Crippen LogP contribution < -0.4 is 10.1 Å². The molecule has 1 aromatic carbocycles. The third-order valence-electron chi connectivity index (χ3n) is 3.58. The normalized spacial score (nSPS) is 10.6. The van der Waals surface area contributed by atoms with E-state index < -0.39 is 18.5 Å². The predicted octanol–water partition coefficient (Wildman–Crippen LogP) is 3.22. The molecule has 7 nitrogen and oxygen atoms in total. The van der Waals surface area contributed by atoms with Crippen molar-refractivity contribution in [2.75, 3.05) is 19.0 Å². The summed E-state index contributed by atoms with van der Waals surface area (Å²) in [6, 6.07) is 5.41. The van der Waals surface area contributed by atoms with Crippen LogP contribution in [0.5, 0.6) is 5.75 Å². The van der Waals surface area contributed by atoms with Crippen molar-refractivity contribution >= 4 is 17.6 Å². The number of carbonyl (C=O) groups is 2. The van der Waals surface area contributed by atoms with Gasteiger partial charge < -0.3 is 19.3 Å². The third kappa shape index (κ3) is 4.37. The Bertz CT molecular complexity index is 780. The molecule has 2 rings (SSSR count). The SMILES string of the molecule is COc1ccc(C)cc1NC(=O)COC(=O)c1c(C)noc1C(C)C. The number of hydrogen-bond acceptors (Lipinski definition) is 6. The smallest absolute Gasteiger partial charge is 0.344 e. The topological polar surface area (TPSA) is 90.7 Å². The second kappa shape index (κ2) is 7.83. The minimum atomic E-state index is -0.631. The molecule has 2 aromatic rings. The fourth-order valence-electron chi connectivity index (χ4n) is 2.34. The zero-order valence-electron chi connectivity index (χ0n) is 15.0. The van der Waals surface area contributed by atoms with Gasteiger partial charge in [-0.2, -0.15) is 0 Å². The van der Waals surface area contributed by atoms with Crippen LogP contribution in [-0.2, 0) is 9.53 Å². The van der Waals surface area contributed by atoms with Crippen LogP contribution in [0.2, 0.25) is 0 Å². The standard InChI is InChI=1S/C18H22N2O5/c1-10(2)17-16(12(4)20-25-17)18(22)24-9-15(21)19-13-8-11(3)6-7-14(13)23-5/h6-8,10H,9H2,1-5H3,(H,19,21). The second-order valence-corrected chi connectivity index (χ2v) is 5.99. The summed E-state index contributed by atoms with van der Waals surface area (Å²) in [6.07, 6.45) is 0. The Morgan fingerprint density at radius 2 is 2.00 bits per heavy atom. The number of rotatable bonds is 6. The molecule has 0 aliphatic heterocycles. The maximum atomic E-state index is 12.3. The van der Waals surface area contributed by atoms with Crippen LogP contribution in [0.15, 0.2) is 22.7 Å². The van der Waals surface area contributed by atoms with E-state index in [1.165, 1.54) is 7.11 Å². The van der Waals surface area contributed by atoms with Gasteiger partial charge in [0.25, 0.3) is 5.91 Å². The first-order chi connectivity index (χ1) is 11.8. The number of methoxy groups -OCH3 is 1. The lowest BCUT2D eigenvalue weighted by Crippen LogP contribution is -2.22. The van der Waals surface area contributed by atoms with Crippen LogP contribution in [0.3, 0.4) is 0 Å². The van der Waals surface area contributed by atoms with Crippen molar-refractivity contribution in [2.45, 2.75) is 33.6 Å². The van der Waals surface area contributed by atoms with Gasteiger partial charge in [-0.1, -0.05) is 25.1 Å². The fourth-order valence-corrected chi connectivity index (χ4v) is 2.34. The molecule has 1 heterocycles. The van der Waals surface area contributed by atoms with Crippen LogP contribution >= 0.6 is 0 Å². The largest absolute Gasteiger partial charge is 0.495 e. The highest BCUT2D eigenvalue weighted by molar-refractivity contribution is 5.97. The predicted molar refractivity (Wildman–Crippen MR) is 92.0 cm³/mol. The van der Waals surface area contributed by atoms with Gasteiger partial charge in [-0.05, 0) is 31.5 Å². The van der Waals surface area contributed by atoms with Crippen LogP contribution in [-0.4, -0.2) is 30.7 Å². The number of nitrogens with one attached hydrogen (secondary N) is 1. The average Bonchev–Trinajstić information content (AvgIpc) is 2.95. The number of aromatic nitrogens is 1. The Labute approximate surface area is 146 Å². The second-order valence-electron chi connectivity index (χ2n) is 5.99. The molecule has 0 aliphatic carbocycles. The lowest BCUT2D eigenvalue weighted by atomic mass is 10.1. The molecule has 134 valence electrons. The molecule has 7 heteroatoms. The van der Waals surface area contributed by atoms with E-state index in [1.807, 2.05) is 26.8 Å². The van der Waals surface area contributed by atoms with E-state index >= 15 is 0 Å². The van der Waals surface area contributed by atoms with Crippen LogP contribution in [0.25, 0.3) is 0 Å². The Morgan fingerprint density at radius 1 is 1.28 bits per heavy atom. The lowest BCUT2D eigenvalue weighted by Gasteiger charge is -2.11. The fraction of sp³-hybridized carbons (Fsp3) is 0.389. The van der Waals surface area contributed by atoms with E-state index in [1.54, 1.807) is 19.1 Å². The summed E-state index contributed by atoms with van der Waals surface area (Å²) < 4.78 is 15.5. The zero-order chi connectivity index (χ0) is 18.6. The first kappa shape index (κ1) is 18.5. The molecule has 0 unspecified atom stereocenters. The maximum Gasteiger partial charge on any atom is 0.344 e. The molecule has 0 spiro atoms. The van der Waals surface area contributed by atoms with E-state index in [0.717, 1.165) is 5.56 Å². The number of hydrogen-bond donors (Lipinski definition) is 1. The molecule has 0 saturated carbocycles. The van der Waals surface area contributed by atoms with Crippen molar-refractivity contribution in [1.82, 2.24) is 5.16 Å². The number of esters is 1. The van der Waals surface area contributed by atoms with Gasteiger partial charge >= 0.3 is 5.97 Å². The van der Waals surface area contributed by atoms with E-state index in [0.29, 0.717) is 22.9 Å². The Balaban J connectivity index is 2.02. The maximum absolute atomic E-state index is 12.3. The highest BCUT2D eigenvalue weighted by Crippen LogP contribution is 2.25. The molecular formula is C18H22N2O5. The molecule has 0 fully saturated rings. The third-order valence-corrected chi connectivity index (χ3v) is 3.58. The molecule has 1 aromatic heterocycles. The van der Waals surface area contributed by atoms with E-state index in [-0.39, 0.29) is 11.5 Å². The molecule has 1 N–H and O–H groups in total. The molecular weight excluding hydrogens is 324 g/mol. The van der Waals surface area contributed by atoms with Crippen LogP contribution in [0.1, 0.15) is 47.1 Å². The minimum Gasteiger partial charge on any atom is -0.495 e. The van der Waals surface area contributed by atoms with Crippen LogP contribution in [0, 0.1) is 13.8 Å². The summed E-state index contributed by atoms with van der Waals surface area (Å²) in [5.41, 5.74) is 2.20. The van der Waals surface area contributed by atoms with Gasteiger partial charge in [0.1, 0.15) is 11.3 Å². The lowest BCUT2D eigenvalue weighted by molar-refractivity contribution is -0.119. The minimum absolute atomic E-state index is 0.0193. The number of aryl methyl sites for hydroxylation is 2. The molecule has 1 amide bonds. The van der Waals surface area contributed by atoms with Gasteiger partial charge in [-0.3, -0.25) is 4.79 Å². The number of benzene rings is 1. The quantitative estimate of drug-likeness (QED) is 0.808. The summed E-state index contributed by atoms with van der Waals surface area (Å²) in [7, 11) is 1.52. The summed E-state index contributed by atoms with van der Waals surface area (Å²) in [4.78, 5) is 24.3. The number of nitrogens with zero attached hydrogens (tertiary/aromatic N) is 1. The molecule has 0 aliphatic rings. The van der Waals surface area contributed by atoms with Gasteiger partial charge in [-0.25, -0.2) is 4.79 Å². The Kier molecular flexibility index (Phi) is 5.80. The zero-order valence-corrected chi connectivity index (χ0v) is 15.0. The first-order valence-electron chi connectivity index (χ1n) is 7.91. The van der Waals surface area contributed by atoms with Crippen molar-refractivity contribution in [1.29, 1.82) is 0 Å². The van der Waals surface area contributed by atoms with Crippen molar-refractivity contribution in [3.63, 3.8) is 0 Å². The summed E-state index contributed by atoms with van der Waals surface area (Å²) in [5, 5.41) is 6.47. The molecule has 0 atom stereocenters. The Hall–Kier alpha value is -2.83. The number of anilines is 1. The van der Waals surface area contributed by atoms with Crippen molar-refractivity contribution < 1.29 is 23.6 Å². The van der Waals surface area contributed by atoms with Gasteiger partial charge in [-0.15, -0.1) is 0 Å². The first-order valence-corrected chi connectivity index (χ1v) is 7.91. The van der Waals surface area contributed by atoms with Crippen molar-refractivity contribution in [2.24, 2.45) is 0 Å². The molecule has 0 saturated heterocycles. The highest BCUT2D eigenvalue weighted by Gasteiger charge is 2.24. The monoisotopic (exact) mass is 346 g/mol. The molecule has 0 radical (unpaired) electrons. The van der Waals surface area contributed by atoms with E-state index in [9.17, 15) is 9.59 Å².